The van der Waals surface area contributed by atoms with E-state index >= 15 is 0 Å². The van der Waals surface area contributed by atoms with Crippen molar-refractivity contribution in [1.82, 2.24) is 10.3 Å². The topological polar surface area (TPSA) is 83.6 Å². The van der Waals surface area contributed by atoms with Gasteiger partial charge in [0.2, 0.25) is 5.91 Å². The Morgan fingerprint density at radius 1 is 1.15 bits per heavy atom. The van der Waals surface area contributed by atoms with Crippen molar-refractivity contribution in [2.45, 2.75) is 45.8 Å². The summed E-state index contributed by atoms with van der Waals surface area (Å²) in [4.78, 5) is 32.0. The quantitative estimate of drug-likeness (QED) is 0.463. The summed E-state index contributed by atoms with van der Waals surface area (Å²) in [6.07, 6.45) is 2.59. The molecule has 1 fully saturated rings. The molecule has 3 aromatic rings. The van der Waals surface area contributed by atoms with Crippen LogP contribution in [0.2, 0.25) is 0 Å². The van der Waals surface area contributed by atoms with Crippen molar-refractivity contribution in [3.63, 3.8) is 0 Å². The van der Waals surface area contributed by atoms with E-state index in [-0.39, 0.29) is 24.3 Å². The zero-order valence-electron chi connectivity index (χ0n) is 19.5. The molecule has 0 aliphatic carbocycles. The minimum atomic E-state index is -0.322. The van der Waals surface area contributed by atoms with Crippen LogP contribution in [0.15, 0.2) is 53.9 Å². The number of nitrogens with one attached hydrogen (secondary N) is 2. The van der Waals surface area contributed by atoms with Gasteiger partial charge in [-0.2, -0.15) is 0 Å². The van der Waals surface area contributed by atoms with Crippen molar-refractivity contribution in [3.05, 3.63) is 70.2 Å². The number of benzene rings is 2. The lowest BCUT2D eigenvalue weighted by Gasteiger charge is -2.19. The molecule has 1 saturated heterocycles. The maximum atomic E-state index is 12.7. The van der Waals surface area contributed by atoms with Crippen LogP contribution in [0.4, 0.5) is 11.4 Å². The summed E-state index contributed by atoms with van der Waals surface area (Å²) in [5, 5.41) is 8.80. The summed E-state index contributed by atoms with van der Waals surface area (Å²) in [7, 11) is 0. The fraction of sp³-hybridized carbons (Fsp3) is 0.346. The first-order valence-corrected chi connectivity index (χ1v) is 12.4. The van der Waals surface area contributed by atoms with E-state index in [1.54, 1.807) is 29.5 Å². The van der Waals surface area contributed by atoms with Crippen molar-refractivity contribution in [2.75, 3.05) is 23.3 Å². The molecule has 1 unspecified atom stereocenters. The summed E-state index contributed by atoms with van der Waals surface area (Å²) < 4.78 is 5.78. The Morgan fingerprint density at radius 3 is 2.71 bits per heavy atom. The molecular weight excluding hydrogens is 448 g/mol. The predicted octanol–water partition coefficient (Wildman–Crippen LogP) is 4.78. The summed E-state index contributed by atoms with van der Waals surface area (Å²) >= 11 is 1.58. The van der Waals surface area contributed by atoms with Gasteiger partial charge in [-0.05, 0) is 63.1 Å². The minimum absolute atomic E-state index is 0.137. The van der Waals surface area contributed by atoms with Gasteiger partial charge in [0, 0.05) is 47.9 Å². The third-order valence-electron chi connectivity index (χ3n) is 5.62. The van der Waals surface area contributed by atoms with Gasteiger partial charge < -0.3 is 20.3 Å². The normalized spacial score (nSPS) is 14.0. The zero-order chi connectivity index (χ0) is 23.9. The Kier molecular flexibility index (Phi) is 7.80. The summed E-state index contributed by atoms with van der Waals surface area (Å²) in [5.41, 5.74) is 3.25. The summed E-state index contributed by atoms with van der Waals surface area (Å²) in [5.74, 6) is 0.217. The number of anilines is 2. The number of amides is 2. The Morgan fingerprint density at radius 2 is 1.94 bits per heavy atom. The van der Waals surface area contributed by atoms with Gasteiger partial charge >= 0.3 is 0 Å². The van der Waals surface area contributed by atoms with E-state index < -0.39 is 0 Å². The van der Waals surface area contributed by atoms with Crippen LogP contribution >= 0.6 is 11.3 Å². The molecule has 2 heterocycles. The molecule has 1 atom stereocenters. The van der Waals surface area contributed by atoms with Gasteiger partial charge in [0.1, 0.15) is 12.4 Å². The largest absolute Gasteiger partial charge is 0.487 e. The van der Waals surface area contributed by atoms with Gasteiger partial charge in [-0.25, -0.2) is 4.98 Å². The molecule has 0 spiro atoms. The monoisotopic (exact) mass is 478 g/mol. The summed E-state index contributed by atoms with van der Waals surface area (Å²) in [6.45, 7) is 6.23. The van der Waals surface area contributed by atoms with Crippen LogP contribution in [0.1, 0.15) is 47.2 Å². The molecule has 2 aromatic carbocycles. The fourth-order valence-electron chi connectivity index (χ4n) is 3.96. The Hall–Kier alpha value is -3.39. The van der Waals surface area contributed by atoms with E-state index in [1.165, 1.54) is 12.8 Å². The molecule has 178 valence electrons. The number of rotatable bonds is 9. The van der Waals surface area contributed by atoms with Gasteiger partial charge in [0.25, 0.3) is 5.91 Å². The number of carbonyl (C=O) groups excluding carboxylic acids is 2. The van der Waals surface area contributed by atoms with Crippen molar-refractivity contribution >= 4 is 34.5 Å². The molecule has 1 aliphatic rings. The SMILES string of the molecule is Cc1nc(COc2cccc(C(=O)NC(C)CC(=O)Nc3cccc(N4CCCC4)c3)c2)cs1. The van der Waals surface area contributed by atoms with E-state index in [9.17, 15) is 9.59 Å². The van der Waals surface area contributed by atoms with Crippen molar-refractivity contribution in [1.29, 1.82) is 0 Å². The number of nitrogens with zero attached hydrogens (tertiary/aromatic N) is 2. The van der Waals surface area contributed by atoms with Gasteiger partial charge in [0.05, 0.1) is 10.7 Å². The standard InChI is InChI=1S/C26H30N4O3S/c1-18(13-25(31)29-21-8-6-9-23(15-21)30-11-3-4-12-30)27-26(32)20-7-5-10-24(14-20)33-16-22-17-34-19(2)28-22/h5-10,14-15,17-18H,3-4,11-13,16H2,1-2H3,(H,27,32)(H,29,31). The average molecular weight is 479 g/mol. The number of ether oxygens (including phenoxy) is 1. The third kappa shape index (κ3) is 6.57. The highest BCUT2D eigenvalue weighted by Crippen LogP contribution is 2.23. The van der Waals surface area contributed by atoms with Crippen molar-refractivity contribution in [3.8, 4) is 5.75 Å². The van der Waals surface area contributed by atoms with Gasteiger partial charge in [-0.1, -0.05) is 12.1 Å². The molecule has 0 radical (unpaired) electrons. The van der Waals surface area contributed by atoms with Crippen molar-refractivity contribution in [2.24, 2.45) is 0 Å². The molecule has 1 aliphatic heterocycles. The number of thiazole rings is 1. The molecule has 34 heavy (non-hydrogen) atoms. The highest BCUT2D eigenvalue weighted by molar-refractivity contribution is 7.09. The lowest BCUT2D eigenvalue weighted by Crippen LogP contribution is -2.35. The van der Waals surface area contributed by atoms with E-state index in [0.717, 1.165) is 35.2 Å². The summed E-state index contributed by atoms with van der Waals surface area (Å²) in [6, 6.07) is 14.6. The lowest BCUT2D eigenvalue weighted by molar-refractivity contribution is -0.116. The van der Waals surface area contributed by atoms with Crippen LogP contribution in [0.25, 0.3) is 0 Å². The predicted molar refractivity (Wildman–Crippen MR) is 136 cm³/mol. The van der Waals surface area contributed by atoms with Crippen molar-refractivity contribution < 1.29 is 14.3 Å². The fourth-order valence-corrected chi connectivity index (χ4v) is 4.56. The molecule has 0 bridgehead atoms. The van der Waals surface area contributed by atoms with Crippen LogP contribution in [0.3, 0.4) is 0 Å². The van der Waals surface area contributed by atoms with E-state index in [2.05, 4.69) is 26.6 Å². The number of aryl methyl sites for hydroxylation is 1. The minimum Gasteiger partial charge on any atom is -0.487 e. The van der Waals surface area contributed by atoms with E-state index in [1.807, 2.05) is 43.5 Å². The third-order valence-corrected chi connectivity index (χ3v) is 6.44. The van der Waals surface area contributed by atoms with Crippen LogP contribution in [-0.2, 0) is 11.4 Å². The van der Waals surface area contributed by atoms with Gasteiger partial charge in [0.15, 0.2) is 0 Å². The van der Waals surface area contributed by atoms with E-state index in [4.69, 9.17) is 4.74 Å². The first-order valence-electron chi connectivity index (χ1n) is 11.6. The molecule has 2 amide bonds. The second-order valence-corrected chi connectivity index (χ2v) is 9.61. The maximum Gasteiger partial charge on any atom is 0.251 e. The molecule has 0 saturated carbocycles. The van der Waals surface area contributed by atoms with Gasteiger partial charge in [-0.15, -0.1) is 11.3 Å². The highest BCUT2D eigenvalue weighted by Gasteiger charge is 2.16. The Balaban J connectivity index is 1.27. The van der Waals surface area contributed by atoms with Crippen LogP contribution in [-0.4, -0.2) is 35.9 Å². The molecule has 1 aromatic heterocycles. The zero-order valence-corrected chi connectivity index (χ0v) is 20.4. The molecule has 7 nitrogen and oxygen atoms in total. The molecule has 8 heteroatoms. The van der Waals surface area contributed by atoms with Crippen LogP contribution in [0, 0.1) is 6.92 Å². The second-order valence-electron chi connectivity index (χ2n) is 8.55. The molecule has 2 N–H and O–H groups in total. The molecular formula is C26H30N4O3S. The van der Waals surface area contributed by atoms with Gasteiger partial charge in [-0.3, -0.25) is 9.59 Å². The molecule has 4 rings (SSSR count). The average Bonchev–Trinajstić information content (AvgIpc) is 3.50. The highest BCUT2D eigenvalue weighted by atomic mass is 32.1. The second kappa shape index (κ2) is 11.2. The smallest absolute Gasteiger partial charge is 0.251 e. The van der Waals surface area contributed by atoms with Crippen LogP contribution < -0.4 is 20.3 Å². The van der Waals surface area contributed by atoms with Crippen LogP contribution in [0.5, 0.6) is 5.75 Å². The lowest BCUT2D eigenvalue weighted by atomic mass is 10.1. The van der Waals surface area contributed by atoms with E-state index in [0.29, 0.717) is 17.9 Å². The Labute approximate surface area is 204 Å². The number of carbonyl (C=O) groups is 2. The maximum absolute atomic E-state index is 12.7. The number of hydrogen-bond donors (Lipinski definition) is 2. The number of hydrogen-bond acceptors (Lipinski definition) is 6. The first kappa shape index (κ1) is 23.8. The number of aromatic nitrogens is 1. The Bertz CT molecular complexity index is 1140. The first-order chi connectivity index (χ1) is 16.5.